The average molecular weight is 334 g/mol. The molecule has 3 aromatic rings. The van der Waals surface area contributed by atoms with Crippen LogP contribution in [0.5, 0.6) is 0 Å². The summed E-state index contributed by atoms with van der Waals surface area (Å²) in [5, 5.41) is 0. The third-order valence-corrected chi connectivity index (χ3v) is 3.65. The molecule has 0 aliphatic carbocycles. The SMILES string of the molecule is CN(c1ccccc1)c1ncnc(NNC(=O)c2ccccc2)c1N. The van der Waals surface area contributed by atoms with Crippen molar-refractivity contribution in [3.8, 4) is 0 Å². The van der Waals surface area contributed by atoms with E-state index in [-0.39, 0.29) is 5.91 Å². The highest BCUT2D eigenvalue weighted by Crippen LogP contribution is 2.29. The van der Waals surface area contributed by atoms with E-state index in [0.717, 1.165) is 5.69 Å². The van der Waals surface area contributed by atoms with Crippen molar-refractivity contribution < 1.29 is 4.79 Å². The molecule has 0 radical (unpaired) electrons. The van der Waals surface area contributed by atoms with Crippen LogP contribution in [0.4, 0.5) is 23.0 Å². The summed E-state index contributed by atoms with van der Waals surface area (Å²) in [5.74, 6) is 0.589. The highest BCUT2D eigenvalue weighted by atomic mass is 16.2. The fourth-order valence-corrected chi connectivity index (χ4v) is 2.30. The van der Waals surface area contributed by atoms with Gasteiger partial charge < -0.3 is 10.6 Å². The Labute approximate surface area is 145 Å². The Kier molecular flexibility index (Phi) is 4.75. The van der Waals surface area contributed by atoms with E-state index in [1.54, 1.807) is 24.3 Å². The minimum Gasteiger partial charge on any atom is -0.393 e. The molecule has 1 aromatic heterocycles. The summed E-state index contributed by atoms with van der Waals surface area (Å²) >= 11 is 0. The molecule has 4 N–H and O–H groups in total. The third-order valence-electron chi connectivity index (χ3n) is 3.65. The molecule has 2 aromatic carbocycles. The number of nitrogens with one attached hydrogen (secondary N) is 2. The summed E-state index contributed by atoms with van der Waals surface area (Å²) in [6, 6.07) is 18.6. The van der Waals surface area contributed by atoms with Gasteiger partial charge in [0.25, 0.3) is 5.91 Å². The van der Waals surface area contributed by atoms with Crippen molar-refractivity contribution >= 4 is 28.9 Å². The largest absolute Gasteiger partial charge is 0.393 e. The Morgan fingerprint density at radius 2 is 1.64 bits per heavy atom. The molecule has 25 heavy (non-hydrogen) atoms. The number of para-hydroxylation sites is 1. The van der Waals surface area contributed by atoms with Gasteiger partial charge in [-0.05, 0) is 24.3 Å². The van der Waals surface area contributed by atoms with Gasteiger partial charge in [0.05, 0.1) is 0 Å². The van der Waals surface area contributed by atoms with Crippen LogP contribution in [0, 0.1) is 0 Å². The quantitative estimate of drug-likeness (QED) is 0.621. The maximum atomic E-state index is 12.1. The van der Waals surface area contributed by atoms with Crippen molar-refractivity contribution in [3.05, 3.63) is 72.6 Å². The van der Waals surface area contributed by atoms with Crippen molar-refractivity contribution in [1.82, 2.24) is 15.4 Å². The van der Waals surface area contributed by atoms with Gasteiger partial charge in [0, 0.05) is 18.3 Å². The first kappa shape index (κ1) is 16.3. The van der Waals surface area contributed by atoms with Crippen molar-refractivity contribution in [2.24, 2.45) is 0 Å². The number of carbonyl (C=O) groups is 1. The van der Waals surface area contributed by atoms with Crippen molar-refractivity contribution in [1.29, 1.82) is 0 Å². The Morgan fingerprint density at radius 3 is 2.32 bits per heavy atom. The van der Waals surface area contributed by atoms with Crippen LogP contribution in [-0.2, 0) is 0 Å². The van der Waals surface area contributed by atoms with Gasteiger partial charge in [0.2, 0.25) is 0 Å². The second kappa shape index (κ2) is 7.31. The van der Waals surface area contributed by atoms with Crippen LogP contribution in [0.25, 0.3) is 0 Å². The highest BCUT2D eigenvalue weighted by molar-refractivity contribution is 5.95. The normalized spacial score (nSPS) is 10.1. The molecule has 0 saturated carbocycles. The second-order valence-electron chi connectivity index (χ2n) is 5.30. The summed E-state index contributed by atoms with van der Waals surface area (Å²) < 4.78 is 0. The highest BCUT2D eigenvalue weighted by Gasteiger charge is 2.14. The van der Waals surface area contributed by atoms with E-state index in [1.807, 2.05) is 48.3 Å². The molecule has 0 spiro atoms. The molecule has 0 aliphatic rings. The summed E-state index contributed by atoms with van der Waals surface area (Å²) in [6.45, 7) is 0. The lowest BCUT2D eigenvalue weighted by molar-refractivity contribution is 0.0962. The first-order chi connectivity index (χ1) is 12.2. The molecular weight excluding hydrogens is 316 g/mol. The van der Waals surface area contributed by atoms with Crippen LogP contribution >= 0.6 is 0 Å². The summed E-state index contributed by atoms with van der Waals surface area (Å²) in [7, 11) is 1.86. The maximum absolute atomic E-state index is 12.1. The van der Waals surface area contributed by atoms with Crippen LogP contribution in [0.2, 0.25) is 0 Å². The van der Waals surface area contributed by atoms with E-state index in [0.29, 0.717) is 22.9 Å². The Balaban J connectivity index is 1.76. The number of hydrogen-bond acceptors (Lipinski definition) is 6. The molecule has 0 bridgehead atoms. The average Bonchev–Trinajstić information content (AvgIpc) is 2.68. The van der Waals surface area contributed by atoms with Crippen molar-refractivity contribution in [2.75, 3.05) is 23.1 Å². The van der Waals surface area contributed by atoms with Crippen LogP contribution in [-0.4, -0.2) is 22.9 Å². The molecule has 3 rings (SSSR count). The summed E-state index contributed by atoms with van der Waals surface area (Å²) in [5.41, 5.74) is 13.3. The lowest BCUT2D eigenvalue weighted by Crippen LogP contribution is -2.30. The Bertz CT molecular complexity index is 854. The summed E-state index contributed by atoms with van der Waals surface area (Å²) in [4.78, 5) is 22.3. The van der Waals surface area contributed by atoms with Crippen LogP contribution in [0.15, 0.2) is 67.0 Å². The summed E-state index contributed by atoms with van der Waals surface area (Å²) in [6.07, 6.45) is 1.39. The number of nitrogens with two attached hydrogens (primary N) is 1. The van der Waals surface area contributed by atoms with Gasteiger partial charge in [-0.1, -0.05) is 36.4 Å². The predicted octanol–water partition coefficient (Wildman–Crippen LogP) is 2.58. The van der Waals surface area contributed by atoms with E-state index in [9.17, 15) is 4.79 Å². The molecule has 0 unspecified atom stereocenters. The molecule has 126 valence electrons. The number of carbonyl (C=O) groups excluding carboxylic acids is 1. The van der Waals surface area contributed by atoms with Gasteiger partial charge in [-0.15, -0.1) is 0 Å². The fraction of sp³-hybridized carbons (Fsp3) is 0.0556. The zero-order valence-electron chi connectivity index (χ0n) is 13.7. The van der Waals surface area contributed by atoms with E-state index < -0.39 is 0 Å². The van der Waals surface area contributed by atoms with Gasteiger partial charge in [-0.2, -0.15) is 0 Å². The van der Waals surface area contributed by atoms with Crippen molar-refractivity contribution in [2.45, 2.75) is 0 Å². The maximum Gasteiger partial charge on any atom is 0.269 e. The molecular formula is C18H18N6O. The number of benzene rings is 2. The number of hydrazine groups is 1. The molecule has 7 nitrogen and oxygen atoms in total. The number of rotatable bonds is 5. The lowest BCUT2D eigenvalue weighted by Gasteiger charge is -2.21. The molecule has 7 heteroatoms. The van der Waals surface area contributed by atoms with Gasteiger partial charge in [0.15, 0.2) is 11.6 Å². The molecule has 1 heterocycles. The number of aromatic nitrogens is 2. The third kappa shape index (κ3) is 3.66. The van der Waals surface area contributed by atoms with Crippen LogP contribution in [0.1, 0.15) is 10.4 Å². The molecule has 0 aliphatic heterocycles. The molecule has 0 fully saturated rings. The first-order valence-corrected chi connectivity index (χ1v) is 7.67. The second-order valence-corrected chi connectivity index (χ2v) is 5.30. The van der Waals surface area contributed by atoms with Gasteiger partial charge in [0.1, 0.15) is 12.0 Å². The zero-order chi connectivity index (χ0) is 17.6. The number of nitrogens with zero attached hydrogens (tertiary/aromatic N) is 3. The number of hydrogen-bond donors (Lipinski definition) is 3. The predicted molar refractivity (Wildman–Crippen MR) is 98.5 cm³/mol. The van der Waals surface area contributed by atoms with Gasteiger partial charge in [-0.3, -0.25) is 15.6 Å². The molecule has 0 atom stereocenters. The van der Waals surface area contributed by atoms with Gasteiger partial charge >= 0.3 is 0 Å². The van der Waals surface area contributed by atoms with E-state index in [4.69, 9.17) is 5.73 Å². The van der Waals surface area contributed by atoms with E-state index in [2.05, 4.69) is 20.8 Å². The minimum atomic E-state index is -0.281. The number of amides is 1. The minimum absolute atomic E-state index is 0.281. The molecule has 0 saturated heterocycles. The number of nitrogen functional groups attached to an aromatic ring is 1. The van der Waals surface area contributed by atoms with Crippen molar-refractivity contribution in [3.63, 3.8) is 0 Å². The van der Waals surface area contributed by atoms with Crippen LogP contribution in [0.3, 0.4) is 0 Å². The Morgan fingerprint density at radius 1 is 1.00 bits per heavy atom. The smallest absolute Gasteiger partial charge is 0.269 e. The van der Waals surface area contributed by atoms with E-state index in [1.165, 1.54) is 6.33 Å². The first-order valence-electron chi connectivity index (χ1n) is 7.67. The van der Waals surface area contributed by atoms with E-state index >= 15 is 0 Å². The fourth-order valence-electron chi connectivity index (χ4n) is 2.30. The van der Waals surface area contributed by atoms with Crippen LogP contribution < -0.4 is 21.5 Å². The zero-order valence-corrected chi connectivity index (χ0v) is 13.7. The van der Waals surface area contributed by atoms with Gasteiger partial charge in [-0.25, -0.2) is 9.97 Å². The standard InChI is InChI=1S/C18H18N6O/c1-24(14-10-6-3-7-11-14)17-15(19)16(20-12-21-17)22-23-18(25)13-8-4-2-5-9-13/h2-12H,19H2,1H3,(H,23,25)(H,20,21,22). The topological polar surface area (TPSA) is 96.2 Å². The molecule has 1 amide bonds. The number of anilines is 4. The monoisotopic (exact) mass is 334 g/mol. The lowest BCUT2D eigenvalue weighted by atomic mass is 10.2. The Hall–Kier alpha value is -3.61.